The molecule has 1 aromatic carbocycles. The number of carbonyl (C=O) groups is 1. The van der Waals surface area contributed by atoms with Crippen molar-refractivity contribution in [1.29, 1.82) is 0 Å². The highest BCUT2D eigenvalue weighted by molar-refractivity contribution is 5.73. The number of hydrogen-bond donors (Lipinski definition) is 1. The number of imidazole rings is 1. The highest BCUT2D eigenvalue weighted by Gasteiger charge is 2.38. The van der Waals surface area contributed by atoms with Crippen molar-refractivity contribution in [1.82, 2.24) is 9.55 Å². The zero-order valence-electron chi connectivity index (χ0n) is 17.4. The molecule has 8 heteroatoms. The zero-order valence-corrected chi connectivity index (χ0v) is 17.4. The van der Waals surface area contributed by atoms with Crippen molar-refractivity contribution in [2.75, 3.05) is 7.11 Å². The van der Waals surface area contributed by atoms with E-state index in [4.69, 9.17) is 19.6 Å². The molecule has 30 heavy (non-hydrogen) atoms. The minimum Gasteiger partial charge on any atom is -0.496 e. The molecule has 0 saturated heterocycles. The van der Waals surface area contributed by atoms with Crippen LogP contribution < -0.4 is 4.74 Å². The fourth-order valence-electron chi connectivity index (χ4n) is 3.72. The van der Waals surface area contributed by atoms with Gasteiger partial charge in [0.15, 0.2) is 0 Å². The predicted octanol–water partition coefficient (Wildman–Crippen LogP) is 6.04. The average Bonchev–Trinajstić information content (AvgIpc) is 3.16. The van der Waals surface area contributed by atoms with Gasteiger partial charge in [-0.15, -0.1) is 0 Å². The van der Waals surface area contributed by atoms with Gasteiger partial charge in [0.2, 0.25) is 0 Å². The van der Waals surface area contributed by atoms with E-state index in [-0.39, 0.29) is 0 Å². The largest absolute Gasteiger partial charge is 0.496 e. The molecule has 0 atom stereocenters. The minimum atomic E-state index is -5.08. The van der Waals surface area contributed by atoms with Crippen molar-refractivity contribution >= 4 is 5.97 Å². The normalized spacial score (nSPS) is 14.7. The van der Waals surface area contributed by atoms with Crippen LogP contribution >= 0.6 is 0 Å². The predicted molar refractivity (Wildman–Crippen MR) is 109 cm³/mol. The first kappa shape index (κ1) is 23.8. The van der Waals surface area contributed by atoms with Crippen LogP contribution in [0.1, 0.15) is 63.6 Å². The lowest BCUT2D eigenvalue weighted by Gasteiger charge is -2.25. The summed E-state index contributed by atoms with van der Waals surface area (Å²) >= 11 is 0. The monoisotopic (exact) mass is 426 g/mol. The number of rotatable bonds is 6. The van der Waals surface area contributed by atoms with E-state index in [2.05, 4.69) is 30.0 Å². The number of alkyl halides is 3. The molecule has 2 aromatic rings. The lowest BCUT2D eigenvalue weighted by Crippen LogP contribution is -2.21. The molecule has 1 saturated carbocycles. The van der Waals surface area contributed by atoms with Gasteiger partial charge >= 0.3 is 12.1 Å². The standard InChI is InChI=1S/C20H28N2O.C2HF3O2/c1-3-4-13-18-20(17-12-8-9-14-19(17)23-2)21-15-22(18)16-10-6-5-7-11-16;3-2(4,5)1(6)7/h8-9,12,14-16H,3-7,10-11,13H2,1-2H3;(H,6,7). The van der Waals surface area contributed by atoms with Gasteiger partial charge < -0.3 is 14.4 Å². The third-order valence-corrected chi connectivity index (χ3v) is 5.24. The van der Waals surface area contributed by atoms with Gasteiger partial charge in [-0.2, -0.15) is 13.2 Å². The summed E-state index contributed by atoms with van der Waals surface area (Å²) in [6.07, 6.45) is 7.17. The second kappa shape index (κ2) is 11.0. The van der Waals surface area contributed by atoms with E-state index in [9.17, 15) is 13.2 Å². The summed E-state index contributed by atoms with van der Waals surface area (Å²) in [6.45, 7) is 2.25. The number of halogens is 3. The van der Waals surface area contributed by atoms with E-state index in [1.165, 1.54) is 50.6 Å². The average molecular weight is 426 g/mol. The maximum Gasteiger partial charge on any atom is 0.490 e. The van der Waals surface area contributed by atoms with Crippen LogP contribution in [0.3, 0.4) is 0 Å². The highest BCUT2D eigenvalue weighted by atomic mass is 19.4. The number of para-hydroxylation sites is 1. The molecule has 1 aliphatic carbocycles. The number of hydrogen-bond acceptors (Lipinski definition) is 3. The highest BCUT2D eigenvalue weighted by Crippen LogP contribution is 2.36. The molecule has 0 unspecified atom stereocenters. The maximum atomic E-state index is 10.6. The first-order valence-electron chi connectivity index (χ1n) is 10.3. The summed E-state index contributed by atoms with van der Waals surface area (Å²) < 4.78 is 39.8. The van der Waals surface area contributed by atoms with E-state index < -0.39 is 12.1 Å². The zero-order chi connectivity index (χ0) is 22.1. The number of benzene rings is 1. The first-order valence-corrected chi connectivity index (χ1v) is 10.3. The second-order valence-corrected chi connectivity index (χ2v) is 7.35. The van der Waals surface area contributed by atoms with Crippen molar-refractivity contribution in [2.24, 2.45) is 0 Å². The molecule has 0 aliphatic heterocycles. The van der Waals surface area contributed by atoms with Gasteiger partial charge in [0.1, 0.15) is 5.75 Å². The van der Waals surface area contributed by atoms with Crippen molar-refractivity contribution in [2.45, 2.75) is 70.5 Å². The molecule has 0 bridgehead atoms. The summed E-state index contributed by atoms with van der Waals surface area (Å²) in [7, 11) is 1.74. The second-order valence-electron chi connectivity index (χ2n) is 7.35. The summed E-state index contributed by atoms with van der Waals surface area (Å²) in [6, 6.07) is 8.87. The van der Waals surface area contributed by atoms with Crippen molar-refractivity contribution in [3.63, 3.8) is 0 Å². The number of methoxy groups -OCH3 is 1. The summed E-state index contributed by atoms with van der Waals surface area (Å²) in [5.41, 5.74) is 3.63. The van der Waals surface area contributed by atoms with Crippen LogP contribution in [-0.4, -0.2) is 33.9 Å². The number of aromatic nitrogens is 2. The number of ether oxygens (including phenoxy) is 1. The van der Waals surface area contributed by atoms with Gasteiger partial charge in [0, 0.05) is 17.3 Å². The Morgan fingerprint density at radius 1 is 1.23 bits per heavy atom. The molecular formula is C22H29F3N2O3. The molecule has 166 valence electrons. The molecule has 1 heterocycles. The van der Waals surface area contributed by atoms with Gasteiger partial charge in [-0.25, -0.2) is 9.78 Å². The maximum absolute atomic E-state index is 10.6. The van der Waals surface area contributed by atoms with E-state index in [0.29, 0.717) is 6.04 Å². The number of aliphatic carboxylic acids is 1. The lowest BCUT2D eigenvalue weighted by atomic mass is 9.94. The fraction of sp³-hybridized carbons (Fsp3) is 0.545. The van der Waals surface area contributed by atoms with Crippen LogP contribution in [0.4, 0.5) is 13.2 Å². The Morgan fingerprint density at radius 3 is 2.43 bits per heavy atom. The molecular weight excluding hydrogens is 397 g/mol. The third-order valence-electron chi connectivity index (χ3n) is 5.24. The molecule has 5 nitrogen and oxygen atoms in total. The van der Waals surface area contributed by atoms with Crippen molar-refractivity contribution in [3.05, 3.63) is 36.3 Å². The quantitative estimate of drug-likeness (QED) is 0.612. The lowest BCUT2D eigenvalue weighted by molar-refractivity contribution is -0.192. The van der Waals surface area contributed by atoms with Crippen molar-refractivity contribution in [3.8, 4) is 17.0 Å². The number of unbranched alkanes of at least 4 members (excludes halogenated alkanes) is 1. The van der Waals surface area contributed by atoms with Gasteiger partial charge in [-0.3, -0.25) is 0 Å². The SMILES string of the molecule is CCCCc1c(-c2ccccc2OC)ncn1C1CCCCC1.O=C(O)C(F)(F)F. The Hall–Kier alpha value is -2.51. The third kappa shape index (κ3) is 6.24. The molecule has 1 N–H and O–H groups in total. The molecule has 1 fully saturated rings. The first-order chi connectivity index (χ1) is 14.3. The number of carboxylic acid groups (broad SMARTS) is 1. The molecule has 1 aliphatic rings. The molecule has 3 rings (SSSR count). The van der Waals surface area contributed by atoms with Crippen LogP contribution in [0.2, 0.25) is 0 Å². The van der Waals surface area contributed by atoms with Crippen LogP contribution in [0.25, 0.3) is 11.3 Å². The summed E-state index contributed by atoms with van der Waals surface area (Å²) in [4.78, 5) is 13.7. The van der Waals surface area contributed by atoms with Gasteiger partial charge in [-0.05, 0) is 37.8 Å². The Labute approximate surface area is 174 Å². The van der Waals surface area contributed by atoms with Gasteiger partial charge in [0.25, 0.3) is 0 Å². The summed E-state index contributed by atoms with van der Waals surface area (Å²) in [5.74, 6) is -1.84. The fourth-order valence-corrected chi connectivity index (χ4v) is 3.72. The van der Waals surface area contributed by atoms with E-state index in [0.717, 1.165) is 23.4 Å². The number of carboxylic acids is 1. The van der Waals surface area contributed by atoms with E-state index >= 15 is 0 Å². The summed E-state index contributed by atoms with van der Waals surface area (Å²) in [5, 5.41) is 7.12. The Kier molecular flexibility index (Phi) is 8.74. The molecule has 0 spiro atoms. The van der Waals surface area contributed by atoms with Crippen LogP contribution in [-0.2, 0) is 11.2 Å². The minimum absolute atomic E-state index is 0.631. The van der Waals surface area contributed by atoms with Gasteiger partial charge in [0.05, 0.1) is 19.1 Å². The molecule has 1 aromatic heterocycles. The van der Waals surface area contributed by atoms with Crippen LogP contribution in [0.5, 0.6) is 5.75 Å². The topological polar surface area (TPSA) is 64.4 Å². The molecule has 0 radical (unpaired) electrons. The van der Waals surface area contributed by atoms with Crippen LogP contribution in [0.15, 0.2) is 30.6 Å². The van der Waals surface area contributed by atoms with Gasteiger partial charge in [-0.1, -0.05) is 44.7 Å². The van der Waals surface area contributed by atoms with Crippen molar-refractivity contribution < 1.29 is 27.8 Å². The van der Waals surface area contributed by atoms with Crippen LogP contribution in [0, 0.1) is 0 Å². The Balaban J connectivity index is 0.000000396. The smallest absolute Gasteiger partial charge is 0.490 e. The Bertz CT molecular complexity index is 812. The Morgan fingerprint density at radius 2 is 1.87 bits per heavy atom. The van der Waals surface area contributed by atoms with E-state index in [1.807, 2.05) is 12.1 Å². The van der Waals surface area contributed by atoms with E-state index in [1.54, 1.807) is 7.11 Å². The molecule has 0 amide bonds. The number of nitrogens with zero attached hydrogens (tertiary/aromatic N) is 2.